The molecule has 4 rings (SSSR count). The number of thiazole rings is 1. The van der Waals surface area contributed by atoms with Gasteiger partial charge in [0.1, 0.15) is 5.75 Å². The summed E-state index contributed by atoms with van der Waals surface area (Å²) in [6, 6.07) is 11.6. The van der Waals surface area contributed by atoms with E-state index in [1.165, 1.54) is 30.7 Å². The van der Waals surface area contributed by atoms with Crippen LogP contribution >= 0.6 is 11.3 Å². The first kappa shape index (κ1) is 23.8. The summed E-state index contributed by atoms with van der Waals surface area (Å²) in [5.74, 6) is -0.814. The second kappa shape index (κ2) is 9.47. The molecule has 1 aliphatic heterocycles. The predicted molar refractivity (Wildman–Crippen MR) is 127 cm³/mol. The summed E-state index contributed by atoms with van der Waals surface area (Å²) >= 11 is 1.06. The van der Waals surface area contributed by atoms with Gasteiger partial charge in [-0.3, -0.25) is 24.3 Å². The Labute approximate surface area is 202 Å². The highest BCUT2D eigenvalue weighted by molar-refractivity contribution is 7.07. The zero-order valence-electron chi connectivity index (χ0n) is 18.9. The van der Waals surface area contributed by atoms with Crippen LogP contribution < -0.4 is 19.6 Å². The van der Waals surface area contributed by atoms with E-state index in [2.05, 4.69) is 4.99 Å². The molecule has 11 heteroatoms. The third-order valence-corrected chi connectivity index (χ3v) is 6.29. The Morgan fingerprint density at radius 1 is 1.17 bits per heavy atom. The van der Waals surface area contributed by atoms with E-state index in [9.17, 15) is 24.5 Å². The molecule has 1 atom stereocenters. The third-order valence-electron chi connectivity index (χ3n) is 5.30. The fourth-order valence-corrected chi connectivity index (χ4v) is 4.85. The van der Waals surface area contributed by atoms with Crippen molar-refractivity contribution < 1.29 is 24.0 Å². The highest BCUT2D eigenvalue weighted by Crippen LogP contribution is 2.31. The van der Waals surface area contributed by atoms with Crippen molar-refractivity contribution in [1.82, 2.24) is 4.57 Å². The Bertz CT molecular complexity index is 1570. The quantitative estimate of drug-likeness (QED) is 0.231. The van der Waals surface area contributed by atoms with E-state index < -0.39 is 28.5 Å². The maximum atomic E-state index is 13.5. The summed E-state index contributed by atoms with van der Waals surface area (Å²) in [7, 11) is 1.24. The molecule has 10 nitrogen and oxygen atoms in total. The number of hydrogen-bond donors (Lipinski definition) is 0. The van der Waals surface area contributed by atoms with Crippen molar-refractivity contribution in [2.45, 2.75) is 19.9 Å². The summed E-state index contributed by atoms with van der Waals surface area (Å²) < 4.78 is 11.6. The summed E-state index contributed by atoms with van der Waals surface area (Å²) in [4.78, 5) is 53.2. The van der Waals surface area contributed by atoms with E-state index >= 15 is 0 Å². The fraction of sp³-hybridized carbons (Fsp3) is 0.167. The van der Waals surface area contributed by atoms with E-state index in [0.717, 1.165) is 11.3 Å². The SMILES string of the molecule is COC(=O)C1=C(C)N=c2s/c(=C/c3ccccc3[N+](=O)[O-])c(=O)n2C1c1ccc(OC(C)=O)cc1. The van der Waals surface area contributed by atoms with Crippen molar-refractivity contribution in [2.75, 3.05) is 7.11 Å². The zero-order valence-corrected chi connectivity index (χ0v) is 19.7. The zero-order chi connectivity index (χ0) is 25.3. The highest BCUT2D eigenvalue weighted by Gasteiger charge is 2.33. The lowest BCUT2D eigenvalue weighted by Gasteiger charge is -2.24. The summed E-state index contributed by atoms with van der Waals surface area (Å²) in [6.07, 6.45) is 1.44. The molecule has 0 N–H and O–H groups in total. The van der Waals surface area contributed by atoms with Gasteiger partial charge in [-0.05, 0) is 36.8 Å². The number of benzene rings is 2. The Balaban J connectivity index is 1.93. The van der Waals surface area contributed by atoms with Crippen molar-refractivity contribution in [1.29, 1.82) is 0 Å². The van der Waals surface area contributed by atoms with Crippen LogP contribution in [0.3, 0.4) is 0 Å². The normalized spacial score (nSPS) is 15.3. The maximum absolute atomic E-state index is 13.5. The number of nitrogens with zero attached hydrogens (tertiary/aromatic N) is 3. The number of nitro benzene ring substituents is 1. The Morgan fingerprint density at radius 3 is 2.49 bits per heavy atom. The monoisotopic (exact) mass is 493 g/mol. The number of allylic oxidation sites excluding steroid dienone is 1. The Hall–Kier alpha value is -4.38. The number of methoxy groups -OCH3 is 1. The van der Waals surface area contributed by atoms with Gasteiger partial charge in [0.2, 0.25) is 0 Å². The maximum Gasteiger partial charge on any atom is 0.338 e. The van der Waals surface area contributed by atoms with Gasteiger partial charge in [0.15, 0.2) is 4.80 Å². The molecular weight excluding hydrogens is 474 g/mol. The van der Waals surface area contributed by atoms with Gasteiger partial charge in [0.25, 0.3) is 11.2 Å². The number of hydrogen-bond acceptors (Lipinski definition) is 9. The average Bonchev–Trinajstić information content (AvgIpc) is 3.12. The van der Waals surface area contributed by atoms with Crippen LogP contribution in [0.4, 0.5) is 5.69 Å². The fourth-order valence-electron chi connectivity index (χ4n) is 3.81. The number of esters is 2. The molecule has 1 aliphatic rings. The topological polar surface area (TPSA) is 130 Å². The molecule has 0 radical (unpaired) electrons. The molecule has 0 aliphatic carbocycles. The molecule has 0 bridgehead atoms. The molecule has 0 fully saturated rings. The van der Waals surface area contributed by atoms with Crippen LogP contribution in [-0.2, 0) is 14.3 Å². The van der Waals surface area contributed by atoms with Crippen LogP contribution in [0.25, 0.3) is 6.08 Å². The molecule has 1 aromatic heterocycles. The van der Waals surface area contributed by atoms with Crippen molar-refractivity contribution >= 4 is 35.0 Å². The molecule has 0 saturated heterocycles. The number of aromatic nitrogens is 1. The average molecular weight is 493 g/mol. The third kappa shape index (κ3) is 4.53. The standard InChI is InChI=1S/C24H19N3O7S/c1-13-20(23(30)33-3)21(15-8-10-17(11-9-15)34-14(2)28)26-22(29)19(35-24(26)25-13)12-16-6-4-5-7-18(16)27(31)32/h4-12,21H,1-3H3/b19-12+. The highest BCUT2D eigenvalue weighted by atomic mass is 32.1. The van der Waals surface area contributed by atoms with Gasteiger partial charge in [-0.1, -0.05) is 35.6 Å². The Morgan fingerprint density at radius 2 is 1.86 bits per heavy atom. The van der Waals surface area contributed by atoms with E-state index in [1.807, 2.05) is 0 Å². The minimum absolute atomic E-state index is 0.137. The van der Waals surface area contributed by atoms with E-state index in [-0.39, 0.29) is 21.4 Å². The number of ether oxygens (including phenoxy) is 2. The van der Waals surface area contributed by atoms with Crippen LogP contribution in [0, 0.1) is 10.1 Å². The molecule has 2 heterocycles. The van der Waals surface area contributed by atoms with Crippen molar-refractivity contribution in [2.24, 2.45) is 4.99 Å². The van der Waals surface area contributed by atoms with E-state index in [1.54, 1.807) is 49.4 Å². The van der Waals surface area contributed by atoms with E-state index in [4.69, 9.17) is 9.47 Å². The number of para-hydroxylation sites is 1. The van der Waals surface area contributed by atoms with Gasteiger partial charge >= 0.3 is 11.9 Å². The molecule has 2 aromatic carbocycles. The molecule has 178 valence electrons. The molecule has 0 spiro atoms. The predicted octanol–water partition coefficient (Wildman–Crippen LogP) is 2.24. The number of carbonyl (C=O) groups is 2. The lowest BCUT2D eigenvalue weighted by atomic mass is 9.96. The molecule has 35 heavy (non-hydrogen) atoms. The number of rotatable bonds is 5. The largest absolute Gasteiger partial charge is 0.466 e. The van der Waals surface area contributed by atoms with E-state index in [0.29, 0.717) is 21.8 Å². The van der Waals surface area contributed by atoms with Crippen molar-refractivity contribution in [3.63, 3.8) is 0 Å². The molecule has 1 unspecified atom stereocenters. The number of fused-ring (bicyclic) bond motifs is 1. The lowest BCUT2D eigenvalue weighted by Crippen LogP contribution is -2.39. The van der Waals surface area contributed by atoms with Crippen molar-refractivity contribution in [3.05, 3.63) is 101 Å². The molecule has 0 amide bonds. The first-order chi connectivity index (χ1) is 16.7. The van der Waals surface area contributed by atoms with Crippen LogP contribution in [0.15, 0.2) is 69.6 Å². The minimum Gasteiger partial charge on any atom is -0.466 e. The summed E-state index contributed by atoms with van der Waals surface area (Å²) in [5, 5.41) is 11.4. The number of carbonyl (C=O) groups excluding carboxylic acids is 2. The molecule has 3 aromatic rings. The Kier molecular flexibility index (Phi) is 6.43. The van der Waals surface area contributed by atoms with Crippen LogP contribution in [0.5, 0.6) is 5.75 Å². The van der Waals surface area contributed by atoms with Crippen LogP contribution in [0.2, 0.25) is 0 Å². The number of nitro groups is 1. The van der Waals surface area contributed by atoms with Gasteiger partial charge in [0.05, 0.1) is 39.4 Å². The first-order valence-electron chi connectivity index (χ1n) is 10.3. The molecular formula is C24H19N3O7S. The summed E-state index contributed by atoms with van der Waals surface area (Å²) in [5.41, 5.74) is 0.793. The summed E-state index contributed by atoms with van der Waals surface area (Å²) in [6.45, 7) is 2.93. The van der Waals surface area contributed by atoms with Gasteiger partial charge in [-0.2, -0.15) is 0 Å². The smallest absolute Gasteiger partial charge is 0.338 e. The minimum atomic E-state index is -0.863. The van der Waals surface area contributed by atoms with Gasteiger partial charge in [-0.15, -0.1) is 0 Å². The van der Waals surface area contributed by atoms with Crippen LogP contribution in [0.1, 0.15) is 31.0 Å². The second-order valence-corrected chi connectivity index (χ2v) is 8.56. The lowest BCUT2D eigenvalue weighted by molar-refractivity contribution is -0.385. The van der Waals surface area contributed by atoms with Gasteiger partial charge < -0.3 is 9.47 Å². The second-order valence-electron chi connectivity index (χ2n) is 7.55. The van der Waals surface area contributed by atoms with Gasteiger partial charge in [0, 0.05) is 13.0 Å². The van der Waals surface area contributed by atoms with Gasteiger partial charge in [-0.25, -0.2) is 9.79 Å². The first-order valence-corrected chi connectivity index (χ1v) is 11.2. The molecule has 0 saturated carbocycles. The van der Waals surface area contributed by atoms with Crippen molar-refractivity contribution in [3.8, 4) is 5.75 Å². The van der Waals surface area contributed by atoms with Crippen LogP contribution in [-0.4, -0.2) is 28.5 Å².